The van der Waals surface area contributed by atoms with Gasteiger partial charge in [-0.3, -0.25) is 24.3 Å². The zero-order chi connectivity index (χ0) is 40.6. The summed E-state index contributed by atoms with van der Waals surface area (Å²) in [5.41, 5.74) is 0.571. The van der Waals surface area contributed by atoms with E-state index in [1.54, 1.807) is 0 Å². The van der Waals surface area contributed by atoms with E-state index in [0.29, 0.717) is 42.5 Å². The third-order valence-electron chi connectivity index (χ3n) is 7.01. The monoisotopic (exact) mass is 821 g/mol. The van der Waals surface area contributed by atoms with Crippen molar-refractivity contribution in [3.63, 3.8) is 0 Å². The van der Waals surface area contributed by atoms with Crippen molar-refractivity contribution in [2.45, 2.75) is 85.1 Å². The second kappa shape index (κ2) is 21.8. The molecule has 21 heteroatoms. The Kier molecular flexibility index (Phi) is 18.7. The second-order valence-corrected chi connectivity index (χ2v) is 15.3. The topological polar surface area (TPSA) is 242 Å². The van der Waals surface area contributed by atoms with E-state index in [0.717, 1.165) is 49.6 Å². The standard InChI is InChI=1S/C21H23ClFNO5.C9H16ClN5.C3H8NO5P/c1-2-3-6-9-28-19(25)12-29-18-11-17(16(23)10-15(18)22)24-20(26)13-7-4-5-8-14(13)21(24)27;1-5-11-7-12-6(10)13-8(14-7)15-9(2,3)4;5-3(6)1-4-2-10(7,8)9/h10-11H,2-9,12H2,1H3;5H2,1-4H3,(H2,11,12,13,14,15);4H,1-2H2,(H,5,6)(H2,7,8,9). The fourth-order valence-electron chi connectivity index (χ4n) is 4.76. The molecule has 2 aliphatic rings. The van der Waals surface area contributed by atoms with Gasteiger partial charge < -0.3 is 35.0 Å². The Morgan fingerprint density at radius 2 is 1.61 bits per heavy atom. The lowest BCUT2D eigenvalue weighted by atomic mass is 9.93. The van der Waals surface area contributed by atoms with E-state index in [1.165, 1.54) is 6.07 Å². The van der Waals surface area contributed by atoms with E-state index in [2.05, 4.69) is 30.9 Å². The Morgan fingerprint density at radius 3 is 2.15 bits per heavy atom. The summed E-state index contributed by atoms with van der Waals surface area (Å²) in [6.45, 7) is 10.3. The maximum Gasteiger partial charge on any atom is 0.344 e. The molecule has 0 fully saturated rings. The number of hydrogen-bond donors (Lipinski definition) is 6. The predicted molar refractivity (Wildman–Crippen MR) is 200 cm³/mol. The lowest BCUT2D eigenvalue weighted by Gasteiger charge is -2.20. The number of nitrogens with one attached hydrogen (secondary N) is 3. The van der Waals surface area contributed by atoms with Gasteiger partial charge in [0, 0.05) is 29.3 Å². The van der Waals surface area contributed by atoms with Gasteiger partial charge in [-0.05, 0) is 77.5 Å². The number of carbonyl (C=O) groups is 4. The molecular formula is C33H47Cl2FN7O10P. The van der Waals surface area contributed by atoms with Gasteiger partial charge in [-0.1, -0.05) is 31.4 Å². The molecule has 1 aliphatic carbocycles. The number of anilines is 3. The number of ether oxygens (including phenoxy) is 2. The summed E-state index contributed by atoms with van der Waals surface area (Å²) in [4.78, 5) is 76.2. The minimum absolute atomic E-state index is 0.000883. The van der Waals surface area contributed by atoms with Gasteiger partial charge in [-0.2, -0.15) is 15.0 Å². The van der Waals surface area contributed by atoms with Crippen LogP contribution in [-0.2, 0) is 28.5 Å². The van der Waals surface area contributed by atoms with Gasteiger partial charge in [0.25, 0.3) is 11.8 Å². The lowest BCUT2D eigenvalue weighted by molar-refractivity contribution is -0.146. The lowest BCUT2D eigenvalue weighted by Crippen LogP contribution is -2.32. The summed E-state index contributed by atoms with van der Waals surface area (Å²) < 4.78 is 35.0. The van der Waals surface area contributed by atoms with E-state index in [-0.39, 0.29) is 27.3 Å². The van der Waals surface area contributed by atoms with Crippen molar-refractivity contribution in [2.24, 2.45) is 0 Å². The van der Waals surface area contributed by atoms with Gasteiger partial charge in [-0.15, -0.1) is 0 Å². The summed E-state index contributed by atoms with van der Waals surface area (Å²) >= 11 is 11.8. The quantitative estimate of drug-likeness (QED) is 0.0578. The second-order valence-electron chi connectivity index (χ2n) is 12.9. The first-order valence-electron chi connectivity index (χ1n) is 17.0. The number of aromatic nitrogens is 3. The number of esters is 1. The van der Waals surface area contributed by atoms with Gasteiger partial charge in [0.05, 0.1) is 30.1 Å². The number of unbranched alkanes of at least 4 members (excludes halogenated alkanes) is 2. The van der Waals surface area contributed by atoms with Crippen LogP contribution in [0.5, 0.6) is 5.75 Å². The van der Waals surface area contributed by atoms with Gasteiger partial charge in [0.2, 0.25) is 17.2 Å². The number of carboxylic acid groups (broad SMARTS) is 1. The molecule has 1 aliphatic heterocycles. The van der Waals surface area contributed by atoms with Crippen LogP contribution in [0.2, 0.25) is 10.3 Å². The van der Waals surface area contributed by atoms with Crippen LogP contribution in [0, 0.1) is 5.82 Å². The highest BCUT2D eigenvalue weighted by atomic mass is 35.5. The van der Waals surface area contributed by atoms with Crippen molar-refractivity contribution in [2.75, 3.05) is 48.1 Å². The van der Waals surface area contributed by atoms with Crippen molar-refractivity contribution >= 4 is 72.1 Å². The zero-order valence-corrected chi connectivity index (χ0v) is 33.1. The maximum atomic E-state index is 14.5. The van der Waals surface area contributed by atoms with Crippen LogP contribution < -0.4 is 25.6 Å². The highest BCUT2D eigenvalue weighted by Crippen LogP contribution is 2.39. The number of rotatable bonds is 15. The molecule has 2 aromatic rings. The number of benzene rings is 1. The minimum Gasteiger partial charge on any atom is -0.480 e. The number of carbonyl (C=O) groups excluding carboxylic acids is 3. The zero-order valence-electron chi connectivity index (χ0n) is 30.7. The Bertz CT molecular complexity index is 1690. The average molecular weight is 823 g/mol. The Labute approximate surface area is 322 Å². The van der Waals surface area contributed by atoms with Crippen LogP contribution in [0.1, 0.15) is 79.6 Å². The van der Waals surface area contributed by atoms with E-state index in [4.69, 9.17) is 47.6 Å². The fourth-order valence-corrected chi connectivity index (χ4v) is 5.53. The van der Waals surface area contributed by atoms with Crippen LogP contribution in [-0.4, -0.2) is 91.7 Å². The molecule has 0 spiro atoms. The van der Waals surface area contributed by atoms with Crippen molar-refractivity contribution in [1.82, 2.24) is 20.3 Å². The Morgan fingerprint density at radius 1 is 1.00 bits per heavy atom. The molecule has 6 N–H and O–H groups in total. The number of nitrogens with zero attached hydrogens (tertiary/aromatic N) is 4. The maximum absolute atomic E-state index is 14.5. The molecule has 0 atom stereocenters. The summed E-state index contributed by atoms with van der Waals surface area (Å²) in [6, 6.07) is 2.15. The summed E-state index contributed by atoms with van der Waals surface area (Å²) in [5.74, 6) is -2.57. The Hall–Kier alpha value is -3.93. The molecule has 0 saturated heterocycles. The first-order chi connectivity index (χ1) is 25.3. The van der Waals surface area contributed by atoms with E-state index in [1.807, 2.05) is 34.6 Å². The number of hydrogen-bond acceptors (Lipinski definition) is 13. The SMILES string of the molecule is CCCCCOC(=O)COc1cc(N2C(=O)C3=C(CCCC3)C2=O)c(F)cc1Cl.CCNc1nc(Cl)nc(NC(C)(C)C)n1.O=C(O)CNCP(=O)(O)O. The van der Waals surface area contributed by atoms with Crippen molar-refractivity contribution < 1.29 is 52.5 Å². The molecule has 300 valence electrons. The summed E-state index contributed by atoms with van der Waals surface area (Å²) in [7, 11) is -4.10. The molecule has 2 amide bonds. The van der Waals surface area contributed by atoms with Gasteiger partial charge in [-0.25, -0.2) is 14.1 Å². The molecule has 0 saturated carbocycles. The third kappa shape index (κ3) is 16.2. The molecule has 0 unspecified atom stereocenters. The predicted octanol–water partition coefficient (Wildman–Crippen LogP) is 5.30. The van der Waals surface area contributed by atoms with Crippen molar-refractivity contribution in [1.29, 1.82) is 0 Å². The molecule has 1 aromatic carbocycles. The molecule has 2 heterocycles. The minimum atomic E-state index is -4.10. The molecule has 0 radical (unpaired) electrons. The normalized spacial score (nSPS) is 14.0. The van der Waals surface area contributed by atoms with Crippen LogP contribution in [0.3, 0.4) is 0 Å². The van der Waals surface area contributed by atoms with Crippen molar-refractivity contribution in [3.05, 3.63) is 39.4 Å². The van der Waals surface area contributed by atoms with Crippen LogP contribution in [0.25, 0.3) is 0 Å². The highest BCUT2D eigenvalue weighted by Gasteiger charge is 2.41. The number of aliphatic carboxylic acids is 1. The van der Waals surface area contributed by atoms with E-state index in [9.17, 15) is 28.1 Å². The number of amides is 2. The van der Waals surface area contributed by atoms with E-state index >= 15 is 0 Å². The molecule has 4 rings (SSSR count). The molecule has 1 aromatic heterocycles. The number of carboxylic acids is 1. The van der Waals surface area contributed by atoms with Crippen molar-refractivity contribution in [3.8, 4) is 5.75 Å². The first-order valence-corrected chi connectivity index (χ1v) is 19.6. The van der Waals surface area contributed by atoms with Gasteiger partial charge in [0.1, 0.15) is 11.6 Å². The molecule has 0 bridgehead atoms. The van der Waals surface area contributed by atoms with Crippen LogP contribution in [0.4, 0.5) is 22.0 Å². The van der Waals surface area contributed by atoms with Crippen LogP contribution >= 0.6 is 30.8 Å². The van der Waals surface area contributed by atoms with E-state index < -0.39 is 56.6 Å². The summed E-state index contributed by atoms with van der Waals surface area (Å²) in [6.07, 6.45) is 4.80. The molecule has 54 heavy (non-hydrogen) atoms. The number of imide groups is 1. The largest absolute Gasteiger partial charge is 0.480 e. The smallest absolute Gasteiger partial charge is 0.344 e. The number of halogens is 3. The molecule has 17 nitrogen and oxygen atoms in total. The fraction of sp³-hybridized carbons (Fsp3) is 0.545. The van der Waals surface area contributed by atoms with Gasteiger partial charge in [0.15, 0.2) is 6.61 Å². The summed E-state index contributed by atoms with van der Waals surface area (Å²) in [5, 5.41) is 16.3. The first kappa shape index (κ1) is 46.2. The van der Waals surface area contributed by atoms with Crippen LogP contribution in [0.15, 0.2) is 23.3 Å². The Balaban J connectivity index is 0.000000335. The third-order valence-corrected chi connectivity index (χ3v) is 8.11. The average Bonchev–Trinajstić information content (AvgIpc) is 3.30. The molecular weight excluding hydrogens is 775 g/mol. The highest BCUT2D eigenvalue weighted by molar-refractivity contribution is 7.51. The van der Waals surface area contributed by atoms with Gasteiger partial charge >= 0.3 is 19.5 Å².